The Labute approximate surface area is 233 Å². The molecule has 0 aliphatic rings. The van der Waals surface area contributed by atoms with Crippen LogP contribution in [0.2, 0.25) is 0 Å². The lowest BCUT2D eigenvalue weighted by atomic mass is 10.0. The van der Waals surface area contributed by atoms with Gasteiger partial charge < -0.3 is 25.8 Å². The minimum absolute atomic E-state index is 0. The fourth-order valence-electron chi connectivity index (χ4n) is 4.06. The predicted octanol–water partition coefficient (Wildman–Crippen LogP) is 4.68. The zero-order chi connectivity index (χ0) is 27.8. The Morgan fingerprint density at radius 3 is 2.49 bits per heavy atom. The third-order valence-electron chi connectivity index (χ3n) is 6.12. The van der Waals surface area contributed by atoms with Crippen LogP contribution in [-0.2, 0) is 18.0 Å². The van der Waals surface area contributed by atoms with Crippen LogP contribution < -0.4 is 16.4 Å². The number of nitrogens with one attached hydrogen (secondary N) is 2. The first-order valence-corrected chi connectivity index (χ1v) is 12.7. The second-order valence-electron chi connectivity index (χ2n) is 9.16. The van der Waals surface area contributed by atoms with Gasteiger partial charge in [0.2, 0.25) is 11.9 Å². The number of aromatic nitrogens is 3. The maximum atomic E-state index is 13.1. The number of rotatable bonds is 8. The van der Waals surface area contributed by atoms with E-state index >= 15 is 0 Å². The van der Waals surface area contributed by atoms with Gasteiger partial charge in [0.05, 0.1) is 26.8 Å². The highest BCUT2D eigenvalue weighted by Gasteiger charge is 2.31. The summed E-state index contributed by atoms with van der Waals surface area (Å²) < 4.78 is 41.3. The standard InChI is InChI=1S/C25H28F3N7O2S.ClH/c1-5-6-15(29)20(22(37)34(2)3)32-21(36)13-7-10-18-17(11-13)30-23(35(18)4)33-24-31-16-9-8-14(25(26,27)28)12-19(16)38-24;/h7-12,15,20H,5-6,29H2,1-4H3,(H,32,36)(H,30,31,33);1H/t15?,20-;/m0./s1. The molecule has 9 nitrogen and oxygen atoms in total. The number of carbonyl (C=O) groups excluding carboxylic acids is 2. The summed E-state index contributed by atoms with van der Waals surface area (Å²) in [5.41, 5.74) is 7.42. The number of carbonyl (C=O) groups is 2. The van der Waals surface area contributed by atoms with Crippen molar-refractivity contribution in [3.63, 3.8) is 0 Å². The van der Waals surface area contributed by atoms with Crippen LogP contribution >= 0.6 is 23.7 Å². The van der Waals surface area contributed by atoms with Crippen LogP contribution in [0.4, 0.5) is 24.3 Å². The van der Waals surface area contributed by atoms with Crippen molar-refractivity contribution in [1.29, 1.82) is 0 Å². The molecule has 0 bridgehead atoms. The number of nitrogens with zero attached hydrogens (tertiary/aromatic N) is 4. The summed E-state index contributed by atoms with van der Waals surface area (Å²) in [5.74, 6) is -0.341. The van der Waals surface area contributed by atoms with Gasteiger partial charge in [-0.25, -0.2) is 9.97 Å². The Hall–Kier alpha value is -3.42. The van der Waals surface area contributed by atoms with Gasteiger partial charge in [-0.15, -0.1) is 12.4 Å². The molecular weight excluding hydrogens is 555 g/mol. The van der Waals surface area contributed by atoms with Crippen LogP contribution in [0.1, 0.15) is 35.7 Å². The Balaban J connectivity index is 0.00000420. The monoisotopic (exact) mass is 583 g/mol. The molecule has 0 radical (unpaired) electrons. The molecule has 4 aromatic rings. The number of hydrogen-bond acceptors (Lipinski definition) is 7. The van der Waals surface area contributed by atoms with E-state index in [1.807, 2.05) is 6.92 Å². The van der Waals surface area contributed by atoms with Gasteiger partial charge in [-0.1, -0.05) is 24.7 Å². The van der Waals surface area contributed by atoms with Crippen LogP contribution in [0.15, 0.2) is 36.4 Å². The zero-order valence-electron chi connectivity index (χ0n) is 21.7. The molecule has 0 aliphatic heterocycles. The lowest BCUT2D eigenvalue weighted by Gasteiger charge is -2.26. The third-order valence-corrected chi connectivity index (χ3v) is 7.05. The van der Waals surface area contributed by atoms with Gasteiger partial charge in [-0.05, 0) is 42.8 Å². The van der Waals surface area contributed by atoms with E-state index in [9.17, 15) is 22.8 Å². The molecule has 4 rings (SSSR count). The van der Waals surface area contributed by atoms with E-state index < -0.39 is 29.7 Å². The number of aryl methyl sites for hydroxylation is 1. The van der Waals surface area contributed by atoms with Crippen molar-refractivity contribution in [2.24, 2.45) is 12.8 Å². The van der Waals surface area contributed by atoms with Gasteiger partial charge in [0.25, 0.3) is 5.91 Å². The van der Waals surface area contributed by atoms with Crippen molar-refractivity contribution in [2.75, 3.05) is 19.4 Å². The second-order valence-corrected chi connectivity index (χ2v) is 10.2. The molecule has 210 valence electrons. The highest BCUT2D eigenvalue weighted by atomic mass is 35.5. The molecule has 2 aromatic heterocycles. The van der Waals surface area contributed by atoms with Gasteiger partial charge in [0.15, 0.2) is 5.13 Å². The van der Waals surface area contributed by atoms with Crippen LogP contribution in [0.5, 0.6) is 0 Å². The van der Waals surface area contributed by atoms with Crippen LogP contribution in [-0.4, -0.2) is 57.4 Å². The summed E-state index contributed by atoms with van der Waals surface area (Å²) in [6.45, 7) is 1.95. The normalized spacial score (nSPS) is 13.1. The number of imidazole rings is 1. The van der Waals surface area contributed by atoms with E-state index in [2.05, 4.69) is 20.6 Å². The van der Waals surface area contributed by atoms with Crippen molar-refractivity contribution in [1.82, 2.24) is 24.8 Å². The van der Waals surface area contributed by atoms with Crippen LogP contribution in [0.25, 0.3) is 21.3 Å². The highest BCUT2D eigenvalue weighted by molar-refractivity contribution is 7.22. The average molecular weight is 584 g/mol. The Morgan fingerprint density at radius 1 is 1.13 bits per heavy atom. The quantitative estimate of drug-likeness (QED) is 0.277. The van der Waals surface area contributed by atoms with E-state index in [1.54, 1.807) is 43.9 Å². The van der Waals surface area contributed by atoms with E-state index in [-0.39, 0.29) is 18.3 Å². The molecule has 2 amide bonds. The lowest BCUT2D eigenvalue weighted by Crippen LogP contribution is -2.55. The van der Waals surface area contributed by atoms with Gasteiger partial charge in [0.1, 0.15) is 6.04 Å². The smallest absolute Gasteiger partial charge is 0.347 e. The first-order valence-electron chi connectivity index (χ1n) is 11.9. The molecule has 0 fully saturated rings. The van der Waals surface area contributed by atoms with Crippen molar-refractivity contribution >= 4 is 67.9 Å². The molecule has 2 aromatic carbocycles. The molecule has 0 saturated carbocycles. The molecule has 2 heterocycles. The van der Waals surface area contributed by atoms with Crippen molar-refractivity contribution < 1.29 is 22.8 Å². The molecule has 0 spiro atoms. The Morgan fingerprint density at radius 2 is 1.85 bits per heavy atom. The number of nitrogens with two attached hydrogens (primary N) is 1. The molecule has 14 heteroatoms. The van der Waals surface area contributed by atoms with E-state index in [4.69, 9.17) is 5.73 Å². The first-order chi connectivity index (χ1) is 17.9. The number of fused-ring (bicyclic) bond motifs is 2. The summed E-state index contributed by atoms with van der Waals surface area (Å²) in [4.78, 5) is 36.0. The van der Waals surface area contributed by atoms with E-state index in [1.165, 1.54) is 11.0 Å². The fourth-order valence-corrected chi connectivity index (χ4v) is 4.96. The minimum Gasteiger partial charge on any atom is -0.347 e. The van der Waals surface area contributed by atoms with E-state index in [0.29, 0.717) is 44.3 Å². The number of amides is 2. The number of hydrogen-bond donors (Lipinski definition) is 3. The Bertz CT molecular complexity index is 1500. The van der Waals surface area contributed by atoms with Crippen LogP contribution in [0.3, 0.4) is 0 Å². The van der Waals surface area contributed by atoms with Gasteiger partial charge in [-0.3, -0.25) is 9.59 Å². The SMILES string of the molecule is CCCC(N)[C@H](NC(=O)c1ccc2c(c1)nc(Nc1nc3ccc(C(F)(F)F)cc3s1)n2C)C(=O)N(C)C.Cl. The fraction of sp³-hybridized carbons (Fsp3) is 0.360. The summed E-state index contributed by atoms with van der Waals surface area (Å²) in [7, 11) is 4.98. The Kier molecular flexibility index (Phi) is 9.08. The highest BCUT2D eigenvalue weighted by Crippen LogP contribution is 2.35. The van der Waals surface area contributed by atoms with Gasteiger partial charge in [-0.2, -0.15) is 13.2 Å². The molecular formula is C25H29ClF3N7O2S. The largest absolute Gasteiger partial charge is 0.416 e. The van der Waals surface area contributed by atoms with Crippen molar-refractivity contribution in [3.8, 4) is 0 Å². The number of thiazole rings is 1. The number of likely N-dealkylation sites (N-methyl/N-ethyl adjacent to an activating group) is 1. The van der Waals surface area contributed by atoms with Crippen LogP contribution in [0, 0.1) is 0 Å². The maximum absolute atomic E-state index is 13.1. The third kappa shape index (κ3) is 6.43. The predicted molar refractivity (Wildman–Crippen MR) is 149 cm³/mol. The zero-order valence-corrected chi connectivity index (χ0v) is 23.3. The molecule has 1 unspecified atom stereocenters. The number of benzene rings is 2. The van der Waals surface area contributed by atoms with Gasteiger partial charge >= 0.3 is 6.18 Å². The number of alkyl halides is 3. The molecule has 39 heavy (non-hydrogen) atoms. The number of halogens is 4. The maximum Gasteiger partial charge on any atom is 0.416 e. The average Bonchev–Trinajstić information content (AvgIpc) is 3.40. The van der Waals surface area contributed by atoms with E-state index in [0.717, 1.165) is 29.9 Å². The minimum atomic E-state index is -4.44. The summed E-state index contributed by atoms with van der Waals surface area (Å²) >= 11 is 1.08. The summed E-state index contributed by atoms with van der Waals surface area (Å²) in [5, 5.41) is 6.20. The van der Waals surface area contributed by atoms with Crippen molar-refractivity contribution in [3.05, 3.63) is 47.5 Å². The molecule has 0 saturated heterocycles. The molecule has 2 atom stereocenters. The number of anilines is 2. The van der Waals surface area contributed by atoms with Gasteiger partial charge in [0, 0.05) is 32.7 Å². The first kappa shape index (κ1) is 30.1. The lowest BCUT2D eigenvalue weighted by molar-refractivity contribution is -0.137. The summed E-state index contributed by atoms with van der Waals surface area (Å²) in [6.07, 6.45) is -3.10. The van der Waals surface area contributed by atoms with Crippen molar-refractivity contribution in [2.45, 2.75) is 38.0 Å². The molecule has 4 N–H and O–H groups in total. The molecule has 0 aliphatic carbocycles. The summed E-state index contributed by atoms with van der Waals surface area (Å²) in [6, 6.07) is 6.96. The second kappa shape index (κ2) is 11.8. The topological polar surface area (TPSA) is 118 Å².